The van der Waals surface area contributed by atoms with Crippen molar-refractivity contribution in [2.45, 2.75) is 45.3 Å². The fourth-order valence-corrected chi connectivity index (χ4v) is 3.25. The summed E-state index contributed by atoms with van der Waals surface area (Å²) < 4.78 is 19.3. The summed E-state index contributed by atoms with van der Waals surface area (Å²) in [6, 6.07) is 4.56. The summed E-state index contributed by atoms with van der Waals surface area (Å²) >= 11 is 3.37. The molecule has 2 rings (SSSR count). The fourth-order valence-electron chi connectivity index (χ4n) is 2.74. The third kappa shape index (κ3) is 5.18. The number of rotatable bonds is 3. The van der Waals surface area contributed by atoms with Gasteiger partial charge in [0.1, 0.15) is 11.4 Å². The van der Waals surface area contributed by atoms with Crippen LogP contribution in [-0.4, -0.2) is 35.7 Å². The number of nitrogens with two attached hydrogens (primary N) is 1. The molecule has 0 spiro atoms. The summed E-state index contributed by atoms with van der Waals surface area (Å²) in [5.74, 6) is -0.0503. The highest BCUT2D eigenvalue weighted by Crippen LogP contribution is 2.25. The molecule has 1 amide bonds. The molecule has 2 N–H and O–H groups in total. The van der Waals surface area contributed by atoms with Crippen LogP contribution in [0, 0.1) is 11.7 Å². The predicted molar refractivity (Wildman–Crippen MR) is 91.7 cm³/mol. The molecule has 1 saturated heterocycles. The number of benzene rings is 1. The fraction of sp³-hybridized carbons (Fsp3) is 0.588. The highest BCUT2D eigenvalue weighted by Gasteiger charge is 2.32. The molecule has 6 heteroatoms. The van der Waals surface area contributed by atoms with Crippen LogP contribution >= 0.6 is 15.9 Å². The van der Waals surface area contributed by atoms with Crippen LogP contribution in [0.1, 0.15) is 32.8 Å². The molecule has 0 radical (unpaired) electrons. The predicted octanol–water partition coefficient (Wildman–Crippen LogP) is 3.72. The van der Waals surface area contributed by atoms with Gasteiger partial charge in [0.05, 0.1) is 0 Å². The van der Waals surface area contributed by atoms with E-state index >= 15 is 0 Å². The van der Waals surface area contributed by atoms with Crippen molar-refractivity contribution in [3.8, 4) is 0 Å². The lowest BCUT2D eigenvalue weighted by molar-refractivity contribution is 0.0286. The van der Waals surface area contributed by atoms with Crippen LogP contribution in [-0.2, 0) is 11.2 Å². The Hall–Kier alpha value is -1.14. The maximum absolute atomic E-state index is 13.1. The molecule has 2 atom stereocenters. The number of carbonyl (C=O) groups excluding carboxylic acids is 1. The number of halogens is 2. The lowest BCUT2D eigenvalue weighted by atomic mass is 9.93. The highest BCUT2D eigenvalue weighted by molar-refractivity contribution is 9.10. The van der Waals surface area contributed by atoms with Crippen LogP contribution in [0.25, 0.3) is 0 Å². The van der Waals surface area contributed by atoms with Crippen molar-refractivity contribution in [1.29, 1.82) is 0 Å². The molecule has 0 aliphatic carbocycles. The second-order valence-electron chi connectivity index (χ2n) is 7.08. The summed E-state index contributed by atoms with van der Waals surface area (Å²) in [5, 5.41) is 0. The van der Waals surface area contributed by atoms with Gasteiger partial charge in [-0.3, -0.25) is 0 Å². The minimum Gasteiger partial charge on any atom is -0.444 e. The van der Waals surface area contributed by atoms with Crippen LogP contribution in [0.15, 0.2) is 22.7 Å². The number of hydrogen-bond donors (Lipinski definition) is 1. The summed E-state index contributed by atoms with van der Waals surface area (Å²) in [6.45, 7) is 6.84. The van der Waals surface area contributed by atoms with Gasteiger partial charge in [-0.1, -0.05) is 22.0 Å². The Balaban J connectivity index is 1.92. The largest absolute Gasteiger partial charge is 0.444 e. The molecule has 23 heavy (non-hydrogen) atoms. The van der Waals surface area contributed by atoms with E-state index in [1.54, 1.807) is 11.0 Å². The van der Waals surface area contributed by atoms with Crippen LogP contribution in [0.4, 0.5) is 9.18 Å². The Labute approximate surface area is 145 Å². The van der Waals surface area contributed by atoms with Gasteiger partial charge < -0.3 is 15.4 Å². The van der Waals surface area contributed by atoms with E-state index in [-0.39, 0.29) is 23.9 Å². The SMILES string of the molecule is CC(C)(C)OC(=O)N1CCC(C(N)Cc2ccc(F)cc2Br)C1. The van der Waals surface area contributed by atoms with Crippen LogP contribution in [0.2, 0.25) is 0 Å². The topological polar surface area (TPSA) is 55.6 Å². The third-order valence-corrected chi connectivity index (χ3v) is 4.69. The van der Waals surface area contributed by atoms with E-state index in [2.05, 4.69) is 15.9 Å². The second kappa shape index (κ2) is 7.18. The normalized spacial score (nSPS) is 19.7. The lowest BCUT2D eigenvalue weighted by Crippen LogP contribution is -2.38. The molecule has 0 aromatic heterocycles. The molecule has 128 valence electrons. The minimum absolute atomic E-state index is 0.0794. The first-order chi connectivity index (χ1) is 10.7. The summed E-state index contributed by atoms with van der Waals surface area (Å²) in [5.41, 5.74) is 6.81. The zero-order valence-electron chi connectivity index (χ0n) is 13.8. The molecular weight excluding hydrogens is 363 g/mol. The Kier molecular flexibility index (Phi) is 5.68. The molecule has 1 aliphatic rings. The van der Waals surface area contributed by atoms with Crippen molar-refractivity contribution in [3.05, 3.63) is 34.1 Å². The van der Waals surface area contributed by atoms with Crippen molar-refractivity contribution in [3.63, 3.8) is 0 Å². The van der Waals surface area contributed by atoms with E-state index in [1.807, 2.05) is 20.8 Å². The number of hydrogen-bond acceptors (Lipinski definition) is 3. The van der Waals surface area contributed by atoms with Gasteiger partial charge in [0.15, 0.2) is 0 Å². The Morgan fingerprint density at radius 2 is 2.22 bits per heavy atom. The first kappa shape index (κ1) is 18.2. The number of nitrogens with zero attached hydrogens (tertiary/aromatic N) is 1. The van der Waals surface area contributed by atoms with Gasteiger partial charge in [-0.25, -0.2) is 9.18 Å². The van der Waals surface area contributed by atoms with E-state index in [1.165, 1.54) is 12.1 Å². The van der Waals surface area contributed by atoms with Crippen molar-refractivity contribution >= 4 is 22.0 Å². The first-order valence-electron chi connectivity index (χ1n) is 7.83. The molecule has 1 heterocycles. The molecule has 1 aromatic carbocycles. The van der Waals surface area contributed by atoms with Crippen LogP contribution < -0.4 is 5.73 Å². The van der Waals surface area contributed by atoms with Crippen LogP contribution in [0.5, 0.6) is 0 Å². The van der Waals surface area contributed by atoms with E-state index in [0.29, 0.717) is 19.5 Å². The van der Waals surface area contributed by atoms with Gasteiger partial charge in [-0.05, 0) is 57.2 Å². The maximum Gasteiger partial charge on any atom is 0.410 e. The van der Waals surface area contributed by atoms with Crippen molar-refractivity contribution < 1.29 is 13.9 Å². The molecule has 1 aromatic rings. The maximum atomic E-state index is 13.1. The second-order valence-corrected chi connectivity index (χ2v) is 7.93. The summed E-state index contributed by atoms with van der Waals surface area (Å²) in [7, 11) is 0. The van der Waals surface area contributed by atoms with E-state index in [9.17, 15) is 9.18 Å². The monoisotopic (exact) mass is 386 g/mol. The number of ether oxygens (including phenoxy) is 1. The van der Waals surface area contributed by atoms with Crippen molar-refractivity contribution in [1.82, 2.24) is 4.90 Å². The average Bonchev–Trinajstić information content (AvgIpc) is 2.90. The van der Waals surface area contributed by atoms with E-state index < -0.39 is 5.60 Å². The van der Waals surface area contributed by atoms with Crippen molar-refractivity contribution in [2.24, 2.45) is 11.7 Å². The highest BCUT2D eigenvalue weighted by atomic mass is 79.9. The first-order valence-corrected chi connectivity index (χ1v) is 8.62. The summed E-state index contributed by atoms with van der Waals surface area (Å²) in [4.78, 5) is 13.8. The molecule has 4 nitrogen and oxygen atoms in total. The molecule has 2 unspecified atom stereocenters. The number of likely N-dealkylation sites (tertiary alicyclic amines) is 1. The van der Waals surface area contributed by atoms with Crippen molar-refractivity contribution in [2.75, 3.05) is 13.1 Å². The zero-order valence-corrected chi connectivity index (χ0v) is 15.4. The smallest absolute Gasteiger partial charge is 0.410 e. The van der Waals surface area contributed by atoms with Gasteiger partial charge >= 0.3 is 6.09 Å². The Morgan fingerprint density at radius 3 is 2.83 bits per heavy atom. The van der Waals surface area contributed by atoms with Gasteiger partial charge in [0.2, 0.25) is 0 Å². The van der Waals surface area contributed by atoms with E-state index in [0.717, 1.165) is 16.5 Å². The molecule has 1 fully saturated rings. The zero-order chi connectivity index (χ0) is 17.2. The Morgan fingerprint density at radius 1 is 1.52 bits per heavy atom. The van der Waals surface area contributed by atoms with Gasteiger partial charge in [0.25, 0.3) is 0 Å². The molecular formula is C17H24BrFN2O2. The van der Waals surface area contributed by atoms with Gasteiger partial charge in [0, 0.05) is 23.6 Å². The minimum atomic E-state index is -0.490. The van der Waals surface area contributed by atoms with Crippen LogP contribution in [0.3, 0.4) is 0 Å². The molecule has 0 bridgehead atoms. The van der Waals surface area contributed by atoms with Gasteiger partial charge in [-0.15, -0.1) is 0 Å². The summed E-state index contributed by atoms with van der Waals surface area (Å²) in [6.07, 6.45) is 1.22. The Bertz CT molecular complexity index is 574. The quantitative estimate of drug-likeness (QED) is 0.860. The third-order valence-electron chi connectivity index (χ3n) is 3.95. The molecule has 0 saturated carbocycles. The number of amides is 1. The number of carbonyl (C=O) groups is 1. The lowest BCUT2D eigenvalue weighted by Gasteiger charge is -2.25. The molecule has 1 aliphatic heterocycles. The average molecular weight is 387 g/mol. The van der Waals surface area contributed by atoms with E-state index in [4.69, 9.17) is 10.5 Å². The standard InChI is InChI=1S/C17H24BrFN2O2/c1-17(2,3)23-16(22)21-7-6-12(10-21)15(20)8-11-4-5-13(19)9-14(11)18/h4-5,9,12,15H,6-8,10,20H2,1-3H3. The van der Waals surface area contributed by atoms with Gasteiger partial charge in [-0.2, -0.15) is 0 Å².